The summed E-state index contributed by atoms with van der Waals surface area (Å²) in [6.45, 7) is 6.12. The van der Waals surface area contributed by atoms with Crippen molar-refractivity contribution in [1.29, 1.82) is 0 Å². The van der Waals surface area contributed by atoms with Crippen molar-refractivity contribution in [3.05, 3.63) is 34.9 Å². The Kier molecular flexibility index (Phi) is 4.94. The summed E-state index contributed by atoms with van der Waals surface area (Å²) in [6.07, 6.45) is 5.60. The maximum absolute atomic E-state index is 12.0. The number of carbonyl (C=O) groups is 1. The Labute approximate surface area is 121 Å². The number of amides is 1. The first-order valence-electron chi connectivity index (χ1n) is 7.49. The minimum absolute atomic E-state index is 0.0767. The molecular weight excluding hydrogens is 248 g/mol. The second-order valence-electron chi connectivity index (χ2n) is 5.81. The Balaban J connectivity index is 1.99. The van der Waals surface area contributed by atoms with Gasteiger partial charge in [-0.1, -0.05) is 31.4 Å². The van der Waals surface area contributed by atoms with Gasteiger partial charge in [0.2, 0.25) is 5.91 Å². The van der Waals surface area contributed by atoms with Gasteiger partial charge in [-0.25, -0.2) is 5.43 Å². The first-order chi connectivity index (χ1) is 9.58. The van der Waals surface area contributed by atoms with Crippen LogP contribution >= 0.6 is 0 Å². The van der Waals surface area contributed by atoms with Crippen LogP contribution < -0.4 is 5.43 Å². The quantitative estimate of drug-likeness (QED) is 0.661. The maximum atomic E-state index is 12.0. The molecule has 0 heterocycles. The van der Waals surface area contributed by atoms with Crippen molar-refractivity contribution < 1.29 is 4.79 Å². The summed E-state index contributed by atoms with van der Waals surface area (Å²) in [6, 6.07) is 6.25. The monoisotopic (exact) mass is 272 g/mol. The Hall–Kier alpha value is -1.64. The predicted octanol–water partition coefficient (Wildman–Crippen LogP) is 3.72. The highest BCUT2D eigenvalue weighted by Gasteiger charge is 2.20. The Morgan fingerprint density at radius 1 is 1.15 bits per heavy atom. The minimum atomic E-state index is 0.0767. The molecule has 1 aliphatic carbocycles. The van der Waals surface area contributed by atoms with E-state index in [0.717, 1.165) is 37.0 Å². The summed E-state index contributed by atoms with van der Waals surface area (Å²) < 4.78 is 0. The molecule has 2 rings (SSSR count). The van der Waals surface area contributed by atoms with Gasteiger partial charge in [-0.05, 0) is 56.4 Å². The average Bonchev–Trinajstić information content (AvgIpc) is 2.48. The van der Waals surface area contributed by atoms with Crippen molar-refractivity contribution >= 4 is 11.6 Å². The summed E-state index contributed by atoms with van der Waals surface area (Å²) in [5, 5.41) is 4.26. The molecule has 1 fully saturated rings. The molecule has 1 aromatic rings. The van der Waals surface area contributed by atoms with E-state index in [1.54, 1.807) is 0 Å². The Bertz CT molecular complexity index is 514. The van der Waals surface area contributed by atoms with Crippen molar-refractivity contribution in [3.63, 3.8) is 0 Å². The molecule has 0 saturated heterocycles. The van der Waals surface area contributed by atoms with Crippen LogP contribution in [0, 0.1) is 19.8 Å². The van der Waals surface area contributed by atoms with Crippen molar-refractivity contribution in [2.24, 2.45) is 11.0 Å². The van der Waals surface area contributed by atoms with Crippen LogP contribution in [0.5, 0.6) is 0 Å². The highest BCUT2D eigenvalue weighted by atomic mass is 16.2. The molecule has 20 heavy (non-hydrogen) atoms. The van der Waals surface area contributed by atoms with Gasteiger partial charge in [0, 0.05) is 5.92 Å². The van der Waals surface area contributed by atoms with Gasteiger partial charge < -0.3 is 0 Å². The third-order valence-corrected chi connectivity index (χ3v) is 4.23. The van der Waals surface area contributed by atoms with Gasteiger partial charge in [-0.15, -0.1) is 0 Å². The number of hydrogen-bond acceptors (Lipinski definition) is 2. The van der Waals surface area contributed by atoms with E-state index in [2.05, 4.69) is 36.5 Å². The van der Waals surface area contributed by atoms with Crippen molar-refractivity contribution in [2.75, 3.05) is 0 Å². The second-order valence-corrected chi connectivity index (χ2v) is 5.81. The highest BCUT2D eigenvalue weighted by molar-refractivity contribution is 5.99. The number of hydrogen-bond donors (Lipinski definition) is 1. The van der Waals surface area contributed by atoms with Gasteiger partial charge in [-0.3, -0.25) is 4.79 Å². The van der Waals surface area contributed by atoms with Crippen LogP contribution in [0.2, 0.25) is 0 Å². The summed E-state index contributed by atoms with van der Waals surface area (Å²) in [5.41, 5.74) is 7.18. The third kappa shape index (κ3) is 3.69. The lowest BCUT2D eigenvalue weighted by molar-refractivity contribution is -0.125. The second kappa shape index (κ2) is 6.69. The van der Waals surface area contributed by atoms with E-state index in [1.165, 1.54) is 17.5 Å². The lowest BCUT2D eigenvalue weighted by Gasteiger charge is -2.19. The number of hydrazone groups is 1. The third-order valence-electron chi connectivity index (χ3n) is 4.23. The smallest absolute Gasteiger partial charge is 0.243 e. The zero-order valence-corrected chi connectivity index (χ0v) is 12.7. The summed E-state index contributed by atoms with van der Waals surface area (Å²) >= 11 is 0. The van der Waals surface area contributed by atoms with Crippen LogP contribution in [0.4, 0.5) is 0 Å². The van der Waals surface area contributed by atoms with E-state index in [9.17, 15) is 4.79 Å². The molecule has 108 valence electrons. The molecule has 0 spiro atoms. The number of nitrogens with one attached hydrogen (secondary N) is 1. The molecule has 0 bridgehead atoms. The van der Waals surface area contributed by atoms with Crippen molar-refractivity contribution in [3.8, 4) is 0 Å². The standard InChI is InChI=1S/C17H24N2O/c1-12-9-10-16(11-13(12)2)14(3)18-19-17(20)15-7-5-4-6-8-15/h9-11,15H,4-8H2,1-3H3,(H,19,20). The van der Waals surface area contributed by atoms with Gasteiger partial charge in [-0.2, -0.15) is 5.10 Å². The fourth-order valence-corrected chi connectivity index (χ4v) is 2.63. The molecule has 0 aliphatic heterocycles. The molecular formula is C17H24N2O. The van der Waals surface area contributed by atoms with Gasteiger partial charge in [0.05, 0.1) is 5.71 Å². The first-order valence-corrected chi connectivity index (χ1v) is 7.49. The molecule has 0 radical (unpaired) electrons. The van der Waals surface area contributed by atoms with Gasteiger partial charge in [0.25, 0.3) is 0 Å². The van der Waals surface area contributed by atoms with Crippen LogP contribution in [0.1, 0.15) is 55.7 Å². The van der Waals surface area contributed by atoms with Crippen LogP contribution in [-0.4, -0.2) is 11.6 Å². The highest BCUT2D eigenvalue weighted by Crippen LogP contribution is 2.23. The number of nitrogens with zero attached hydrogens (tertiary/aromatic N) is 1. The van der Waals surface area contributed by atoms with Crippen molar-refractivity contribution in [1.82, 2.24) is 5.43 Å². The summed E-state index contributed by atoms with van der Waals surface area (Å²) in [4.78, 5) is 12.0. The Morgan fingerprint density at radius 3 is 2.50 bits per heavy atom. The molecule has 1 aromatic carbocycles. The molecule has 1 amide bonds. The first kappa shape index (κ1) is 14.8. The lowest BCUT2D eigenvalue weighted by Crippen LogP contribution is -2.29. The molecule has 3 heteroatoms. The van der Waals surface area contributed by atoms with Crippen LogP contribution in [0.3, 0.4) is 0 Å². The van der Waals surface area contributed by atoms with E-state index < -0.39 is 0 Å². The number of benzene rings is 1. The van der Waals surface area contributed by atoms with E-state index >= 15 is 0 Å². The maximum Gasteiger partial charge on any atom is 0.243 e. The topological polar surface area (TPSA) is 41.5 Å². The molecule has 0 unspecified atom stereocenters. The summed E-state index contributed by atoms with van der Waals surface area (Å²) in [7, 11) is 0. The fraction of sp³-hybridized carbons (Fsp3) is 0.529. The molecule has 3 nitrogen and oxygen atoms in total. The molecule has 1 saturated carbocycles. The zero-order chi connectivity index (χ0) is 14.5. The van der Waals surface area contributed by atoms with Crippen LogP contribution in [0.15, 0.2) is 23.3 Å². The molecule has 1 N–H and O–H groups in total. The average molecular weight is 272 g/mol. The van der Waals surface area contributed by atoms with E-state index in [-0.39, 0.29) is 11.8 Å². The normalized spacial score (nSPS) is 17.1. The van der Waals surface area contributed by atoms with E-state index in [4.69, 9.17) is 0 Å². The Morgan fingerprint density at radius 2 is 1.85 bits per heavy atom. The SMILES string of the molecule is CC(=NNC(=O)C1CCCCC1)c1ccc(C)c(C)c1. The van der Waals surface area contributed by atoms with Gasteiger partial charge in [0.1, 0.15) is 0 Å². The zero-order valence-electron chi connectivity index (χ0n) is 12.7. The molecule has 1 aliphatic rings. The number of carbonyl (C=O) groups excluding carboxylic acids is 1. The predicted molar refractivity (Wildman–Crippen MR) is 82.8 cm³/mol. The van der Waals surface area contributed by atoms with Crippen LogP contribution in [0.25, 0.3) is 0 Å². The van der Waals surface area contributed by atoms with Crippen molar-refractivity contribution in [2.45, 2.75) is 52.9 Å². The van der Waals surface area contributed by atoms with Gasteiger partial charge >= 0.3 is 0 Å². The number of rotatable bonds is 3. The molecule has 0 aromatic heterocycles. The summed E-state index contributed by atoms with van der Waals surface area (Å²) in [5.74, 6) is 0.230. The largest absolute Gasteiger partial charge is 0.273 e. The van der Waals surface area contributed by atoms with Crippen LogP contribution in [-0.2, 0) is 4.79 Å². The minimum Gasteiger partial charge on any atom is -0.273 e. The fourth-order valence-electron chi connectivity index (χ4n) is 2.63. The van der Waals surface area contributed by atoms with E-state index in [1.807, 2.05) is 13.0 Å². The van der Waals surface area contributed by atoms with E-state index in [0.29, 0.717) is 0 Å². The lowest BCUT2D eigenvalue weighted by atomic mass is 9.89. The van der Waals surface area contributed by atoms with Gasteiger partial charge in [0.15, 0.2) is 0 Å². The molecule has 0 atom stereocenters. The number of aryl methyl sites for hydroxylation is 2.